The van der Waals surface area contributed by atoms with E-state index in [2.05, 4.69) is 0 Å². The van der Waals surface area contributed by atoms with Gasteiger partial charge in [0.15, 0.2) is 5.76 Å². The van der Waals surface area contributed by atoms with Crippen molar-refractivity contribution >= 4 is 35.1 Å². The largest absolute Gasteiger partial charge is 0.489 e. The molecule has 0 saturated carbocycles. The van der Waals surface area contributed by atoms with Crippen LogP contribution in [0.25, 0.3) is 6.08 Å². The number of fused-ring (bicyclic) bond motifs is 1. The molecule has 4 rings (SSSR count). The summed E-state index contributed by atoms with van der Waals surface area (Å²) in [6.07, 6.45) is 1.68. The fraction of sp³-hybridized carbons (Fsp3) is 0.0455. The zero-order valence-corrected chi connectivity index (χ0v) is 15.6. The highest BCUT2D eigenvalue weighted by molar-refractivity contribution is 6.31. The lowest BCUT2D eigenvalue weighted by Gasteiger charge is -2.07. The summed E-state index contributed by atoms with van der Waals surface area (Å²) in [5.74, 6) is 1.20. The molecule has 0 aliphatic carbocycles. The summed E-state index contributed by atoms with van der Waals surface area (Å²) in [5, 5.41) is 1.26. The van der Waals surface area contributed by atoms with E-state index < -0.39 is 0 Å². The van der Waals surface area contributed by atoms with Gasteiger partial charge in [0.05, 0.1) is 5.56 Å². The number of ether oxygens (including phenoxy) is 2. The van der Waals surface area contributed by atoms with Crippen LogP contribution in [0.2, 0.25) is 10.0 Å². The molecule has 0 N–H and O–H groups in total. The third kappa shape index (κ3) is 4.00. The first-order chi connectivity index (χ1) is 13.1. The minimum Gasteiger partial charge on any atom is -0.489 e. The van der Waals surface area contributed by atoms with Crippen molar-refractivity contribution < 1.29 is 14.3 Å². The van der Waals surface area contributed by atoms with Crippen LogP contribution >= 0.6 is 23.2 Å². The summed E-state index contributed by atoms with van der Waals surface area (Å²) < 4.78 is 11.5. The Kier molecular flexibility index (Phi) is 4.88. The Balaban J connectivity index is 1.52. The number of halogens is 2. The van der Waals surface area contributed by atoms with Crippen molar-refractivity contribution in [2.45, 2.75) is 6.61 Å². The Bertz CT molecular complexity index is 1060. The maximum Gasteiger partial charge on any atom is 0.231 e. The smallest absolute Gasteiger partial charge is 0.231 e. The highest BCUT2D eigenvalue weighted by Crippen LogP contribution is 2.35. The first kappa shape index (κ1) is 17.7. The van der Waals surface area contributed by atoms with Crippen LogP contribution in [0.5, 0.6) is 11.5 Å². The number of rotatable bonds is 4. The van der Waals surface area contributed by atoms with E-state index in [-0.39, 0.29) is 11.5 Å². The standard InChI is InChI=1S/C22H14Cl2O3/c23-16-5-1-3-14(9-16)11-21-22(25)19-8-7-18(12-20(19)27-21)26-13-15-4-2-6-17(24)10-15/h1-12H,13H2. The fourth-order valence-electron chi connectivity index (χ4n) is 2.80. The molecule has 0 saturated heterocycles. The van der Waals surface area contributed by atoms with Crippen LogP contribution in [0.3, 0.4) is 0 Å². The Morgan fingerprint density at radius 1 is 0.926 bits per heavy atom. The van der Waals surface area contributed by atoms with Crippen LogP contribution in [0.1, 0.15) is 21.5 Å². The van der Waals surface area contributed by atoms with Gasteiger partial charge in [-0.15, -0.1) is 0 Å². The van der Waals surface area contributed by atoms with Gasteiger partial charge in [0, 0.05) is 16.1 Å². The van der Waals surface area contributed by atoms with Gasteiger partial charge < -0.3 is 9.47 Å². The molecule has 3 aromatic carbocycles. The second kappa shape index (κ2) is 7.47. The molecule has 27 heavy (non-hydrogen) atoms. The van der Waals surface area contributed by atoms with Crippen molar-refractivity contribution in [2.75, 3.05) is 0 Å². The van der Waals surface area contributed by atoms with Gasteiger partial charge in [0.2, 0.25) is 5.78 Å². The number of hydrogen-bond donors (Lipinski definition) is 0. The molecule has 0 bridgehead atoms. The number of carbonyl (C=O) groups excluding carboxylic acids is 1. The second-order valence-corrected chi connectivity index (χ2v) is 6.94. The summed E-state index contributed by atoms with van der Waals surface area (Å²) in [5.41, 5.74) is 2.27. The Labute approximate surface area is 166 Å². The number of benzene rings is 3. The normalized spacial score (nSPS) is 14.1. The van der Waals surface area contributed by atoms with Crippen molar-refractivity contribution in [1.82, 2.24) is 0 Å². The lowest BCUT2D eigenvalue weighted by atomic mass is 10.1. The third-order valence-electron chi connectivity index (χ3n) is 4.08. The predicted octanol–water partition coefficient (Wildman–Crippen LogP) is 6.19. The van der Waals surface area contributed by atoms with Gasteiger partial charge >= 0.3 is 0 Å². The van der Waals surface area contributed by atoms with E-state index in [1.54, 1.807) is 36.4 Å². The van der Waals surface area contributed by atoms with Crippen molar-refractivity contribution in [3.63, 3.8) is 0 Å². The lowest BCUT2D eigenvalue weighted by Crippen LogP contribution is -1.98. The number of ketones is 1. The number of carbonyl (C=O) groups is 1. The molecular formula is C22H14Cl2O3. The molecule has 0 radical (unpaired) electrons. The zero-order valence-electron chi connectivity index (χ0n) is 14.1. The van der Waals surface area contributed by atoms with E-state index in [1.165, 1.54) is 0 Å². The van der Waals surface area contributed by atoms with Crippen LogP contribution in [0.4, 0.5) is 0 Å². The maximum absolute atomic E-state index is 12.5. The maximum atomic E-state index is 12.5. The van der Waals surface area contributed by atoms with Crippen LogP contribution in [-0.4, -0.2) is 5.78 Å². The number of Topliss-reactive ketones (excluding diaryl/α,β-unsaturated/α-hetero) is 1. The zero-order chi connectivity index (χ0) is 18.8. The highest BCUT2D eigenvalue weighted by atomic mass is 35.5. The second-order valence-electron chi connectivity index (χ2n) is 6.07. The molecule has 0 aromatic heterocycles. The Morgan fingerprint density at radius 2 is 1.70 bits per heavy atom. The molecule has 5 heteroatoms. The van der Waals surface area contributed by atoms with Crippen molar-refractivity contribution in [3.8, 4) is 11.5 Å². The first-order valence-corrected chi connectivity index (χ1v) is 9.05. The van der Waals surface area contributed by atoms with E-state index in [0.29, 0.717) is 33.7 Å². The van der Waals surface area contributed by atoms with Gasteiger partial charge in [-0.05, 0) is 53.6 Å². The van der Waals surface area contributed by atoms with E-state index in [9.17, 15) is 4.79 Å². The predicted molar refractivity (Wildman–Crippen MR) is 107 cm³/mol. The van der Waals surface area contributed by atoms with Crippen molar-refractivity contribution in [1.29, 1.82) is 0 Å². The molecule has 3 aromatic rings. The molecule has 134 valence electrons. The Hall–Kier alpha value is -2.75. The lowest BCUT2D eigenvalue weighted by molar-refractivity contribution is 0.101. The number of hydrogen-bond acceptors (Lipinski definition) is 3. The van der Waals surface area contributed by atoms with Crippen LogP contribution in [0.15, 0.2) is 72.5 Å². The average molecular weight is 397 g/mol. The first-order valence-electron chi connectivity index (χ1n) is 8.29. The topological polar surface area (TPSA) is 35.5 Å². The molecule has 0 atom stereocenters. The molecule has 0 unspecified atom stereocenters. The summed E-state index contributed by atoms with van der Waals surface area (Å²) in [4.78, 5) is 12.5. The molecule has 1 heterocycles. The quantitative estimate of drug-likeness (QED) is 0.493. The van der Waals surface area contributed by atoms with Gasteiger partial charge in [-0.3, -0.25) is 4.79 Å². The third-order valence-corrected chi connectivity index (χ3v) is 4.55. The van der Waals surface area contributed by atoms with Crippen LogP contribution in [-0.2, 0) is 6.61 Å². The summed E-state index contributed by atoms with van der Waals surface area (Å²) >= 11 is 12.0. The summed E-state index contributed by atoms with van der Waals surface area (Å²) in [6.45, 7) is 0.374. The SMILES string of the molecule is O=C1C(=Cc2cccc(Cl)c2)Oc2cc(OCc3cccc(Cl)c3)ccc21. The fourth-order valence-corrected chi connectivity index (χ4v) is 3.21. The number of allylic oxidation sites excluding steroid dienone is 1. The molecule has 1 aliphatic heterocycles. The van der Waals surface area contributed by atoms with Crippen molar-refractivity contribution in [3.05, 3.63) is 99.2 Å². The van der Waals surface area contributed by atoms with Gasteiger partial charge in [-0.1, -0.05) is 47.5 Å². The van der Waals surface area contributed by atoms with E-state index >= 15 is 0 Å². The summed E-state index contributed by atoms with van der Waals surface area (Å²) in [7, 11) is 0. The van der Waals surface area contributed by atoms with Crippen LogP contribution < -0.4 is 9.47 Å². The average Bonchev–Trinajstić information content (AvgIpc) is 2.95. The van der Waals surface area contributed by atoms with Gasteiger partial charge in [0.25, 0.3) is 0 Å². The van der Waals surface area contributed by atoms with Gasteiger partial charge in [-0.2, -0.15) is 0 Å². The monoisotopic (exact) mass is 396 g/mol. The van der Waals surface area contributed by atoms with E-state index in [4.69, 9.17) is 32.7 Å². The minimum atomic E-state index is -0.161. The molecule has 0 fully saturated rings. The minimum absolute atomic E-state index is 0.161. The van der Waals surface area contributed by atoms with E-state index in [0.717, 1.165) is 11.1 Å². The highest BCUT2D eigenvalue weighted by Gasteiger charge is 2.27. The van der Waals surface area contributed by atoms with Gasteiger partial charge in [0.1, 0.15) is 18.1 Å². The van der Waals surface area contributed by atoms with E-state index in [1.807, 2.05) is 36.4 Å². The molecule has 0 spiro atoms. The summed E-state index contributed by atoms with van der Waals surface area (Å²) in [6, 6.07) is 19.9. The molecule has 1 aliphatic rings. The molecule has 3 nitrogen and oxygen atoms in total. The Morgan fingerprint density at radius 3 is 2.48 bits per heavy atom. The van der Waals surface area contributed by atoms with Gasteiger partial charge in [-0.25, -0.2) is 0 Å². The molecular weight excluding hydrogens is 383 g/mol. The van der Waals surface area contributed by atoms with Crippen LogP contribution in [0, 0.1) is 0 Å². The molecule has 0 amide bonds. The van der Waals surface area contributed by atoms with Crippen molar-refractivity contribution in [2.24, 2.45) is 0 Å².